The van der Waals surface area contributed by atoms with Crippen LogP contribution in [0.1, 0.15) is 23.6 Å². The molecule has 2 atom stereocenters. The van der Waals surface area contributed by atoms with E-state index in [2.05, 4.69) is 34.6 Å². The quantitative estimate of drug-likeness (QED) is 0.937. The first-order valence-corrected chi connectivity index (χ1v) is 8.11. The van der Waals surface area contributed by atoms with Gasteiger partial charge in [-0.15, -0.1) is 11.8 Å². The summed E-state index contributed by atoms with van der Waals surface area (Å²) in [5.41, 5.74) is 2.78. The van der Waals surface area contributed by atoms with Crippen molar-refractivity contribution in [1.82, 2.24) is 10.3 Å². The number of thioether (sulfide) groups is 1. The third-order valence-corrected chi connectivity index (χ3v) is 5.27. The van der Waals surface area contributed by atoms with Gasteiger partial charge in [-0.3, -0.25) is 0 Å². The standard InChI is InChI=1S/C17H20N2OS/c1-18-17-14-11-13(20-2)8-6-12(14)7-9-15(17)21-16-5-3-4-10-19-16/h3-6,8,10-11,15,17-18H,7,9H2,1-2H3. The summed E-state index contributed by atoms with van der Waals surface area (Å²) in [6.45, 7) is 0. The number of hydrogen-bond donors (Lipinski definition) is 1. The number of rotatable bonds is 4. The van der Waals surface area contributed by atoms with Crippen LogP contribution in [-0.2, 0) is 6.42 Å². The average molecular weight is 300 g/mol. The Labute approximate surface area is 130 Å². The molecule has 0 saturated heterocycles. The van der Waals surface area contributed by atoms with E-state index in [0.717, 1.165) is 23.6 Å². The normalized spacial score (nSPS) is 20.9. The number of aromatic nitrogens is 1. The molecule has 1 aromatic heterocycles. The molecule has 0 fully saturated rings. The summed E-state index contributed by atoms with van der Waals surface area (Å²) in [7, 11) is 3.75. The fraction of sp³-hybridized carbons (Fsp3) is 0.353. The van der Waals surface area contributed by atoms with Crippen molar-refractivity contribution < 1.29 is 4.74 Å². The summed E-state index contributed by atoms with van der Waals surface area (Å²) >= 11 is 1.86. The van der Waals surface area contributed by atoms with Crippen molar-refractivity contribution in [2.75, 3.05) is 14.2 Å². The predicted molar refractivity (Wildman–Crippen MR) is 87.0 cm³/mol. The first kappa shape index (κ1) is 14.4. The first-order chi connectivity index (χ1) is 10.3. The molecule has 1 aromatic carbocycles. The summed E-state index contributed by atoms with van der Waals surface area (Å²) in [5, 5.41) is 5.06. The van der Waals surface area contributed by atoms with Crippen molar-refractivity contribution in [2.45, 2.75) is 29.2 Å². The lowest BCUT2D eigenvalue weighted by Crippen LogP contribution is -2.32. The number of nitrogens with one attached hydrogen (secondary N) is 1. The van der Waals surface area contributed by atoms with Crippen LogP contribution in [0.2, 0.25) is 0 Å². The van der Waals surface area contributed by atoms with Gasteiger partial charge in [0.2, 0.25) is 0 Å². The maximum absolute atomic E-state index is 5.38. The Bertz CT molecular complexity index is 603. The number of hydrogen-bond acceptors (Lipinski definition) is 4. The van der Waals surface area contributed by atoms with E-state index >= 15 is 0 Å². The van der Waals surface area contributed by atoms with Crippen molar-refractivity contribution in [1.29, 1.82) is 0 Å². The predicted octanol–water partition coefficient (Wildman–Crippen LogP) is 3.46. The van der Waals surface area contributed by atoms with Crippen molar-refractivity contribution in [3.05, 3.63) is 53.7 Å². The van der Waals surface area contributed by atoms with E-state index in [0.29, 0.717) is 11.3 Å². The molecule has 0 bridgehead atoms. The molecule has 0 aliphatic heterocycles. The number of nitrogens with zero attached hydrogens (tertiary/aromatic N) is 1. The van der Waals surface area contributed by atoms with Gasteiger partial charge in [0.05, 0.1) is 12.1 Å². The van der Waals surface area contributed by atoms with Crippen molar-refractivity contribution in [3.63, 3.8) is 0 Å². The number of aryl methyl sites for hydroxylation is 1. The van der Waals surface area contributed by atoms with Crippen LogP contribution >= 0.6 is 11.8 Å². The summed E-state index contributed by atoms with van der Waals surface area (Å²) in [5.74, 6) is 0.928. The molecule has 1 aliphatic carbocycles. The summed E-state index contributed by atoms with van der Waals surface area (Å²) in [6.07, 6.45) is 4.13. The Balaban J connectivity index is 1.87. The molecular weight excluding hydrogens is 280 g/mol. The number of methoxy groups -OCH3 is 1. The Kier molecular flexibility index (Phi) is 4.46. The van der Waals surface area contributed by atoms with E-state index in [1.54, 1.807) is 7.11 Å². The van der Waals surface area contributed by atoms with E-state index < -0.39 is 0 Å². The van der Waals surface area contributed by atoms with Crippen molar-refractivity contribution in [2.24, 2.45) is 0 Å². The van der Waals surface area contributed by atoms with Crippen LogP contribution in [-0.4, -0.2) is 24.4 Å². The van der Waals surface area contributed by atoms with Gasteiger partial charge in [0, 0.05) is 17.5 Å². The van der Waals surface area contributed by atoms with Gasteiger partial charge in [0.1, 0.15) is 5.75 Å². The Morgan fingerprint density at radius 1 is 1.29 bits per heavy atom. The fourth-order valence-corrected chi connectivity index (χ4v) is 4.17. The van der Waals surface area contributed by atoms with Crippen LogP contribution in [0.15, 0.2) is 47.6 Å². The molecule has 0 spiro atoms. The first-order valence-electron chi connectivity index (χ1n) is 7.23. The highest BCUT2D eigenvalue weighted by molar-refractivity contribution is 7.99. The fourth-order valence-electron chi connectivity index (χ4n) is 2.92. The second-order valence-corrected chi connectivity index (χ2v) is 6.45. The van der Waals surface area contributed by atoms with E-state index in [4.69, 9.17) is 4.74 Å². The molecule has 2 aromatic rings. The van der Waals surface area contributed by atoms with Crippen LogP contribution in [0.4, 0.5) is 0 Å². The molecule has 3 nitrogen and oxygen atoms in total. The van der Waals surface area contributed by atoms with Gasteiger partial charge >= 0.3 is 0 Å². The lowest BCUT2D eigenvalue weighted by atomic mass is 9.87. The van der Waals surface area contributed by atoms with E-state index in [1.807, 2.05) is 37.1 Å². The molecule has 4 heteroatoms. The van der Waals surface area contributed by atoms with Crippen LogP contribution in [0.25, 0.3) is 0 Å². The minimum Gasteiger partial charge on any atom is -0.497 e. The second kappa shape index (κ2) is 6.50. The second-order valence-electron chi connectivity index (χ2n) is 5.19. The molecule has 1 heterocycles. The van der Waals surface area contributed by atoms with Gasteiger partial charge in [-0.25, -0.2) is 4.98 Å². The van der Waals surface area contributed by atoms with Crippen LogP contribution < -0.4 is 10.1 Å². The van der Waals surface area contributed by atoms with E-state index in [9.17, 15) is 0 Å². The summed E-state index contributed by atoms with van der Waals surface area (Å²) in [6, 6.07) is 12.8. The average Bonchev–Trinajstić information content (AvgIpc) is 2.55. The largest absolute Gasteiger partial charge is 0.497 e. The zero-order chi connectivity index (χ0) is 14.7. The topological polar surface area (TPSA) is 34.1 Å². The monoisotopic (exact) mass is 300 g/mol. The van der Waals surface area contributed by atoms with E-state index in [1.165, 1.54) is 11.1 Å². The highest BCUT2D eigenvalue weighted by Gasteiger charge is 2.29. The maximum atomic E-state index is 5.38. The molecule has 2 unspecified atom stereocenters. The molecular formula is C17H20N2OS. The summed E-state index contributed by atoms with van der Waals surface area (Å²) < 4.78 is 5.38. The molecule has 0 radical (unpaired) electrons. The molecule has 1 aliphatic rings. The molecule has 110 valence electrons. The van der Waals surface area contributed by atoms with Crippen LogP contribution in [0, 0.1) is 0 Å². The summed E-state index contributed by atoms with van der Waals surface area (Å²) in [4.78, 5) is 4.44. The highest BCUT2D eigenvalue weighted by Crippen LogP contribution is 2.40. The lowest BCUT2D eigenvalue weighted by molar-refractivity contribution is 0.411. The zero-order valence-corrected chi connectivity index (χ0v) is 13.2. The lowest BCUT2D eigenvalue weighted by Gasteiger charge is -2.33. The zero-order valence-electron chi connectivity index (χ0n) is 12.4. The minimum atomic E-state index is 0.329. The number of ether oxygens (including phenoxy) is 1. The van der Waals surface area contributed by atoms with Gasteiger partial charge in [0.15, 0.2) is 0 Å². The third kappa shape index (κ3) is 3.06. The smallest absolute Gasteiger partial charge is 0.119 e. The molecule has 0 amide bonds. The van der Waals surface area contributed by atoms with Gasteiger partial charge in [-0.2, -0.15) is 0 Å². The van der Waals surface area contributed by atoms with Crippen LogP contribution in [0.3, 0.4) is 0 Å². The van der Waals surface area contributed by atoms with Crippen molar-refractivity contribution in [3.8, 4) is 5.75 Å². The Hall–Kier alpha value is -1.52. The van der Waals surface area contributed by atoms with Crippen molar-refractivity contribution >= 4 is 11.8 Å². The SMILES string of the molecule is CNC1c2cc(OC)ccc2CCC1Sc1ccccn1. The maximum Gasteiger partial charge on any atom is 0.119 e. The van der Waals surface area contributed by atoms with Gasteiger partial charge in [0.25, 0.3) is 0 Å². The Morgan fingerprint density at radius 2 is 2.19 bits per heavy atom. The molecule has 3 rings (SSSR count). The number of benzene rings is 1. The third-order valence-electron chi connectivity index (χ3n) is 3.98. The molecule has 1 N–H and O–H groups in total. The van der Waals surface area contributed by atoms with Gasteiger partial charge in [-0.1, -0.05) is 12.1 Å². The van der Waals surface area contributed by atoms with Crippen LogP contribution in [0.5, 0.6) is 5.75 Å². The van der Waals surface area contributed by atoms with E-state index in [-0.39, 0.29) is 0 Å². The number of fused-ring (bicyclic) bond motifs is 1. The minimum absolute atomic E-state index is 0.329. The highest BCUT2D eigenvalue weighted by atomic mass is 32.2. The van der Waals surface area contributed by atoms with Gasteiger partial charge in [-0.05, 0) is 55.3 Å². The Morgan fingerprint density at radius 3 is 2.90 bits per heavy atom. The van der Waals surface area contributed by atoms with Gasteiger partial charge < -0.3 is 10.1 Å². The molecule has 0 saturated carbocycles. The number of pyridine rings is 1. The molecule has 21 heavy (non-hydrogen) atoms.